The number of nitrogen functional groups attached to an aromatic ring is 2. The van der Waals surface area contributed by atoms with Crippen LogP contribution in [-0.4, -0.2) is 27.8 Å². The van der Waals surface area contributed by atoms with Gasteiger partial charge in [-0.1, -0.05) is 154 Å². The lowest BCUT2D eigenvalue weighted by Crippen LogP contribution is -2.25. The lowest BCUT2D eigenvalue weighted by Gasteiger charge is -2.19. The van der Waals surface area contributed by atoms with Crippen molar-refractivity contribution in [1.82, 2.24) is 9.97 Å². The number of carbonyl (C=O) groups is 1. The molecule has 6 nitrogen and oxygen atoms in total. The Labute approximate surface area is 255 Å². The summed E-state index contributed by atoms with van der Waals surface area (Å²) < 4.78 is 7.88. The van der Waals surface area contributed by atoms with Crippen LogP contribution >= 0.6 is 147 Å². The molecule has 0 aliphatic rings. The molecule has 0 saturated heterocycles. The van der Waals surface area contributed by atoms with Gasteiger partial charge in [-0.3, -0.25) is 4.79 Å². The summed E-state index contributed by atoms with van der Waals surface area (Å²) in [7, 11) is 0. The minimum Gasteiger partial charge on any atom is -0.460 e. The molecule has 0 spiro atoms. The van der Waals surface area contributed by atoms with Gasteiger partial charge in [-0.15, -0.1) is 0 Å². The Hall–Kier alpha value is 2.82. The van der Waals surface area contributed by atoms with Crippen LogP contribution < -0.4 is 11.5 Å². The van der Waals surface area contributed by atoms with E-state index in [-0.39, 0.29) is 23.3 Å². The van der Waals surface area contributed by atoms with E-state index in [9.17, 15) is 4.79 Å². The summed E-state index contributed by atoms with van der Waals surface area (Å²) >= 11 is 19.7. The highest BCUT2D eigenvalue weighted by Crippen LogP contribution is 2.21. The summed E-state index contributed by atoms with van der Waals surface area (Å²) in [6.07, 6.45) is -0.0811. The molecular formula is C15H25ClI6N4O2. The average Bonchev–Trinajstić information content (AvgIpc) is 2.40. The molecule has 1 heterocycles. The maximum atomic E-state index is 11.6. The Morgan fingerprint density at radius 1 is 1.14 bits per heavy atom. The van der Waals surface area contributed by atoms with Crippen LogP contribution in [0.2, 0.25) is 5.15 Å². The van der Waals surface area contributed by atoms with Gasteiger partial charge in [0.05, 0.1) is 8.35 Å². The van der Waals surface area contributed by atoms with Crippen LogP contribution in [0.5, 0.6) is 0 Å². The standard InChI is InChI=1S/C10H15ClN4O2.C2H4I2.C2H5I.CHI3/c1-10(2,3)17-6(16)4-5-7(11)14-9(13)15-8(5)12;1-2(3)4;1-2-3;2-1(3)4/h4H2,1-3H3,(H4,12,13,14,15);2H,1H3;2H2,1H3;1H. The van der Waals surface area contributed by atoms with Gasteiger partial charge in [-0.05, 0) is 32.1 Å². The summed E-state index contributed by atoms with van der Waals surface area (Å²) in [4.78, 5) is 19.1. The fourth-order valence-electron chi connectivity index (χ4n) is 1.18. The number of hydrogen-bond acceptors (Lipinski definition) is 6. The lowest BCUT2D eigenvalue weighted by atomic mass is 10.2. The smallest absolute Gasteiger partial charge is 0.311 e. The van der Waals surface area contributed by atoms with E-state index in [2.05, 4.69) is 159 Å². The van der Waals surface area contributed by atoms with E-state index in [1.165, 1.54) is 4.43 Å². The van der Waals surface area contributed by atoms with Crippen molar-refractivity contribution in [1.29, 1.82) is 0 Å². The van der Waals surface area contributed by atoms with Gasteiger partial charge in [-0.25, -0.2) is 4.98 Å². The first kappa shape index (κ1) is 35.4. The fourth-order valence-corrected chi connectivity index (χ4v) is 1.43. The van der Waals surface area contributed by atoms with Gasteiger partial charge < -0.3 is 16.2 Å². The number of rotatable bonds is 2. The highest BCUT2D eigenvalue weighted by molar-refractivity contribution is 14.3. The van der Waals surface area contributed by atoms with Gasteiger partial charge in [-0.2, -0.15) is 4.98 Å². The number of anilines is 2. The van der Waals surface area contributed by atoms with E-state index < -0.39 is 11.6 Å². The maximum Gasteiger partial charge on any atom is 0.311 e. The molecule has 1 aromatic heterocycles. The Kier molecular flexibility index (Phi) is 25.8. The molecule has 0 fully saturated rings. The zero-order chi connectivity index (χ0) is 23.1. The number of aromatic nitrogens is 2. The minimum absolute atomic E-state index is 0.0274. The fraction of sp³-hybridized carbons (Fsp3) is 0.667. The van der Waals surface area contributed by atoms with Gasteiger partial charge in [0, 0.05) is 5.56 Å². The molecule has 0 atom stereocenters. The molecule has 13 heteroatoms. The molecule has 166 valence electrons. The van der Waals surface area contributed by atoms with Gasteiger partial charge in [0.25, 0.3) is 0 Å². The molecule has 4 N–H and O–H groups in total. The molecule has 0 aliphatic carbocycles. The molecule has 0 bridgehead atoms. The second kappa shape index (κ2) is 20.4. The van der Waals surface area contributed by atoms with Crippen molar-refractivity contribution in [3.8, 4) is 0 Å². The summed E-state index contributed by atoms with van der Waals surface area (Å²) in [6.45, 7) is 9.57. The van der Waals surface area contributed by atoms with Crippen molar-refractivity contribution < 1.29 is 9.53 Å². The van der Waals surface area contributed by atoms with Crippen molar-refractivity contribution in [3.63, 3.8) is 0 Å². The number of esters is 1. The quantitative estimate of drug-likeness (QED) is 0.139. The van der Waals surface area contributed by atoms with Crippen LogP contribution in [0, 0.1) is 0 Å². The maximum absolute atomic E-state index is 11.6. The highest BCUT2D eigenvalue weighted by atomic mass is 127. The Bertz CT molecular complexity index is 525. The Balaban J connectivity index is -0.000000469. The number of nitrogens with zero attached hydrogens (tertiary/aromatic N) is 2. The third-order valence-electron chi connectivity index (χ3n) is 1.75. The van der Waals surface area contributed by atoms with E-state index >= 15 is 0 Å². The van der Waals surface area contributed by atoms with Crippen LogP contribution in [0.1, 0.15) is 40.2 Å². The molecular weight excluding hydrogens is 1070 g/mol. The Morgan fingerprint density at radius 2 is 1.50 bits per heavy atom. The highest BCUT2D eigenvalue weighted by Gasteiger charge is 2.20. The number of halogens is 7. The van der Waals surface area contributed by atoms with Crippen molar-refractivity contribution in [2.24, 2.45) is 0 Å². The van der Waals surface area contributed by atoms with Crippen molar-refractivity contribution in [2.45, 2.75) is 48.5 Å². The van der Waals surface area contributed by atoms with Gasteiger partial charge in [0.2, 0.25) is 5.95 Å². The monoisotopic (exact) mass is 1090 g/mol. The molecule has 0 aromatic carbocycles. The predicted octanol–water partition coefficient (Wildman–Crippen LogP) is 7.40. The van der Waals surface area contributed by atoms with E-state index in [1.54, 1.807) is 20.8 Å². The summed E-state index contributed by atoms with van der Waals surface area (Å²) in [5.41, 5.74) is 10.7. The van der Waals surface area contributed by atoms with Crippen LogP contribution in [0.15, 0.2) is 0 Å². The molecule has 1 rings (SSSR count). The van der Waals surface area contributed by atoms with E-state index in [0.29, 0.717) is 5.56 Å². The van der Waals surface area contributed by atoms with Crippen LogP contribution in [0.25, 0.3) is 0 Å². The topological polar surface area (TPSA) is 104 Å². The summed E-state index contributed by atoms with van der Waals surface area (Å²) in [5.74, 6) is -0.381. The summed E-state index contributed by atoms with van der Waals surface area (Å²) in [5, 5.41) is 0.0702. The SMILES string of the molecule is CC(C)(C)OC(=O)Cc1c(N)nc(N)nc1Cl.CC(I)I.CCI.IC(I)I. The second-order valence-electron chi connectivity index (χ2n) is 5.53. The third kappa shape index (κ3) is 28.8. The minimum atomic E-state index is -0.563. The Morgan fingerprint density at radius 3 is 1.79 bits per heavy atom. The van der Waals surface area contributed by atoms with Gasteiger partial charge >= 0.3 is 5.97 Å². The van der Waals surface area contributed by atoms with Crippen molar-refractivity contribution >= 4 is 165 Å². The first-order valence-corrected chi connectivity index (χ1v) is 15.8. The zero-order valence-electron chi connectivity index (χ0n) is 16.1. The van der Waals surface area contributed by atoms with E-state index in [1.807, 2.05) is 0 Å². The molecule has 0 aliphatic heterocycles. The molecule has 0 radical (unpaired) electrons. The number of hydrogen-bond donors (Lipinski definition) is 2. The lowest BCUT2D eigenvalue weighted by molar-refractivity contribution is -0.153. The average molecular weight is 1090 g/mol. The van der Waals surface area contributed by atoms with Crippen molar-refractivity contribution in [2.75, 3.05) is 15.9 Å². The number of nitrogens with two attached hydrogens (primary N) is 2. The number of ether oxygens (including phenoxy) is 1. The molecule has 1 aromatic rings. The largest absolute Gasteiger partial charge is 0.460 e. The van der Waals surface area contributed by atoms with E-state index in [0.717, 1.165) is 1.87 Å². The first-order chi connectivity index (χ1) is 12.6. The third-order valence-corrected chi connectivity index (χ3v) is 2.06. The number of carbonyl (C=O) groups excluding carboxylic acids is 1. The van der Waals surface area contributed by atoms with Crippen LogP contribution in [0.3, 0.4) is 0 Å². The van der Waals surface area contributed by atoms with Crippen LogP contribution in [0.4, 0.5) is 11.8 Å². The molecule has 0 saturated carbocycles. The number of alkyl halides is 6. The van der Waals surface area contributed by atoms with Gasteiger partial charge in [0.15, 0.2) is 0 Å². The molecule has 0 unspecified atom stereocenters. The van der Waals surface area contributed by atoms with E-state index in [4.69, 9.17) is 27.8 Å². The van der Waals surface area contributed by atoms with Crippen molar-refractivity contribution in [3.05, 3.63) is 10.7 Å². The zero-order valence-corrected chi connectivity index (χ0v) is 29.8. The van der Waals surface area contributed by atoms with Gasteiger partial charge in [0.1, 0.15) is 16.5 Å². The predicted molar refractivity (Wildman–Crippen MR) is 173 cm³/mol. The first-order valence-electron chi connectivity index (χ1n) is 7.62. The normalized spacial score (nSPS) is 10.1. The second-order valence-corrected chi connectivity index (χ2v) is 24.4. The summed E-state index contributed by atoms with van der Waals surface area (Å²) in [6, 6.07) is 0. The molecule has 0 amide bonds. The molecule has 28 heavy (non-hydrogen) atoms. The van der Waals surface area contributed by atoms with Crippen LogP contribution in [-0.2, 0) is 16.0 Å².